The lowest BCUT2D eigenvalue weighted by molar-refractivity contribution is -0.137. The Morgan fingerprint density at radius 1 is 0.467 bits per heavy atom. The molecule has 0 unspecified atom stereocenters. The van der Waals surface area contributed by atoms with Crippen molar-refractivity contribution >= 4 is 92.1 Å². The summed E-state index contributed by atoms with van der Waals surface area (Å²) in [4.78, 5) is 6.50. The number of benzene rings is 6. The molecule has 10 rings (SSSR count). The number of para-hydroxylation sites is 4. The molecule has 0 bridgehead atoms. The van der Waals surface area contributed by atoms with Crippen molar-refractivity contribution in [3.63, 3.8) is 0 Å². The Morgan fingerprint density at radius 3 is 1.58 bits per heavy atom. The molecule has 6 aromatic rings. The highest BCUT2D eigenvalue weighted by Crippen LogP contribution is 2.49. The molecular formula is C37H21B2F3N2S. The van der Waals surface area contributed by atoms with E-state index in [1.165, 1.54) is 33.4 Å². The number of fused-ring (bicyclic) bond motifs is 10. The Morgan fingerprint density at radius 2 is 0.956 bits per heavy atom. The van der Waals surface area contributed by atoms with E-state index in [-0.39, 0.29) is 19.1 Å². The van der Waals surface area contributed by atoms with Gasteiger partial charge in [-0.15, -0.1) is 0 Å². The summed E-state index contributed by atoms with van der Waals surface area (Å²) in [5.41, 5.74) is 11.3. The summed E-state index contributed by atoms with van der Waals surface area (Å²) in [6.45, 7) is -0.115. The fourth-order valence-corrected chi connectivity index (χ4v) is 9.28. The average molecular weight is 604 g/mol. The van der Waals surface area contributed by atoms with E-state index in [1.54, 1.807) is 23.9 Å². The van der Waals surface area contributed by atoms with Gasteiger partial charge in [0.15, 0.2) is 0 Å². The van der Waals surface area contributed by atoms with E-state index >= 15 is 0 Å². The molecule has 6 aromatic carbocycles. The lowest BCUT2D eigenvalue weighted by Crippen LogP contribution is -2.68. The molecule has 8 heteroatoms. The minimum atomic E-state index is -4.52. The molecule has 0 aliphatic carbocycles. The first-order valence-corrected chi connectivity index (χ1v) is 15.8. The maximum absolute atomic E-state index is 14.7. The van der Waals surface area contributed by atoms with Crippen molar-refractivity contribution in [3.05, 3.63) is 133 Å². The normalized spacial score (nSPS) is 14.7. The molecule has 0 N–H and O–H groups in total. The van der Waals surface area contributed by atoms with Crippen LogP contribution in [0.2, 0.25) is 0 Å². The Balaban J connectivity index is 1.38. The highest BCUT2D eigenvalue weighted by atomic mass is 32.2. The van der Waals surface area contributed by atoms with Crippen LogP contribution in [0.4, 0.5) is 47.3 Å². The Bertz CT molecular complexity index is 2240. The third-order valence-corrected chi connectivity index (χ3v) is 10.9. The summed E-state index contributed by atoms with van der Waals surface area (Å²) < 4.78 is 44.0. The van der Waals surface area contributed by atoms with Gasteiger partial charge >= 0.3 is 6.18 Å². The third-order valence-electron chi connectivity index (χ3n) is 9.73. The zero-order valence-electron chi connectivity index (χ0n) is 23.7. The number of hydrogen-bond donors (Lipinski definition) is 0. The van der Waals surface area contributed by atoms with Gasteiger partial charge in [0, 0.05) is 38.2 Å². The summed E-state index contributed by atoms with van der Waals surface area (Å²) in [6, 6.07) is 41.8. The van der Waals surface area contributed by atoms with Crippen LogP contribution in [0.25, 0.3) is 0 Å². The van der Waals surface area contributed by atoms with Gasteiger partial charge in [-0.3, -0.25) is 0 Å². The van der Waals surface area contributed by atoms with Gasteiger partial charge in [-0.2, -0.15) is 13.2 Å². The molecule has 0 aromatic heterocycles. The molecule has 0 saturated carbocycles. The van der Waals surface area contributed by atoms with Crippen molar-refractivity contribution in [2.24, 2.45) is 0 Å². The number of halogens is 3. The van der Waals surface area contributed by atoms with Crippen LogP contribution in [0.1, 0.15) is 5.56 Å². The van der Waals surface area contributed by atoms with E-state index in [4.69, 9.17) is 0 Å². The van der Waals surface area contributed by atoms with Gasteiger partial charge in [-0.25, -0.2) is 0 Å². The molecule has 4 aliphatic rings. The highest BCUT2D eigenvalue weighted by molar-refractivity contribution is 8.00. The predicted molar refractivity (Wildman–Crippen MR) is 181 cm³/mol. The zero-order valence-corrected chi connectivity index (χ0v) is 24.5. The third kappa shape index (κ3) is 3.30. The number of nitrogens with zero attached hydrogens (tertiary/aromatic N) is 2. The van der Waals surface area contributed by atoms with Gasteiger partial charge in [0.05, 0.1) is 11.3 Å². The van der Waals surface area contributed by atoms with Gasteiger partial charge in [0.2, 0.25) is 6.71 Å². The molecule has 2 nitrogen and oxygen atoms in total. The minimum absolute atomic E-state index is 0.0178. The van der Waals surface area contributed by atoms with Crippen molar-refractivity contribution < 1.29 is 13.2 Å². The van der Waals surface area contributed by atoms with Gasteiger partial charge in [-0.1, -0.05) is 102 Å². The lowest BCUT2D eigenvalue weighted by atomic mass is 9.29. The van der Waals surface area contributed by atoms with Gasteiger partial charge in [-0.05, 0) is 69.8 Å². The Kier molecular flexibility index (Phi) is 5.04. The number of anilines is 6. The molecule has 0 atom stereocenters. The summed E-state index contributed by atoms with van der Waals surface area (Å²) in [6.07, 6.45) is -4.52. The quantitative estimate of drug-likeness (QED) is 0.210. The molecule has 0 spiro atoms. The van der Waals surface area contributed by atoms with E-state index in [1.807, 2.05) is 23.1 Å². The molecule has 0 amide bonds. The van der Waals surface area contributed by atoms with E-state index < -0.39 is 11.7 Å². The lowest BCUT2D eigenvalue weighted by Gasteiger charge is -2.49. The van der Waals surface area contributed by atoms with Gasteiger partial charge in [0.1, 0.15) is 0 Å². The first-order chi connectivity index (χ1) is 22.0. The summed E-state index contributed by atoms with van der Waals surface area (Å²) >= 11 is 1.72. The minimum Gasteiger partial charge on any atom is -0.312 e. The van der Waals surface area contributed by atoms with Crippen LogP contribution in [-0.2, 0) is 6.18 Å². The smallest absolute Gasteiger partial charge is 0.312 e. The second kappa shape index (κ2) is 8.89. The predicted octanol–water partition coefficient (Wildman–Crippen LogP) is 6.08. The summed E-state index contributed by atoms with van der Waals surface area (Å²) in [5.74, 6) is 0. The summed E-state index contributed by atoms with van der Waals surface area (Å²) in [5, 5.41) is 0. The van der Waals surface area contributed by atoms with Crippen LogP contribution in [0.15, 0.2) is 137 Å². The van der Waals surface area contributed by atoms with Crippen molar-refractivity contribution in [3.8, 4) is 0 Å². The Labute approximate surface area is 263 Å². The number of rotatable bonds is 1. The standard InChI is InChI=1S/C37H21B2F3N2S/c40-37(41,42)22-11-1-6-16-27(22)43-28-17-7-2-12-23(28)38-24-13-3-8-18-29(24)44-30-19-9-4-14-25(30)39-26-15-5-10-20-32(26)45-33-21-31(43)34(38)36(44)35(33)39/h1-21H. The molecule has 0 radical (unpaired) electrons. The van der Waals surface area contributed by atoms with E-state index in [0.29, 0.717) is 0 Å². The molecule has 0 saturated heterocycles. The average Bonchev–Trinajstić information content (AvgIpc) is 3.07. The summed E-state index contributed by atoms with van der Waals surface area (Å²) in [7, 11) is 0. The Hall–Kier alpha value is -4.81. The fraction of sp³-hybridized carbons (Fsp3) is 0.0270. The maximum Gasteiger partial charge on any atom is 0.418 e. The van der Waals surface area contributed by atoms with Crippen molar-refractivity contribution in [1.29, 1.82) is 0 Å². The van der Waals surface area contributed by atoms with Gasteiger partial charge in [0.25, 0.3) is 6.71 Å². The van der Waals surface area contributed by atoms with Crippen molar-refractivity contribution in [1.82, 2.24) is 0 Å². The van der Waals surface area contributed by atoms with E-state index in [9.17, 15) is 13.2 Å². The zero-order chi connectivity index (χ0) is 30.0. The first kappa shape index (κ1) is 25.5. The second-order valence-electron chi connectivity index (χ2n) is 11.9. The fourth-order valence-electron chi connectivity index (χ4n) is 8.10. The largest absolute Gasteiger partial charge is 0.418 e. The topological polar surface area (TPSA) is 6.48 Å². The second-order valence-corrected chi connectivity index (χ2v) is 13.0. The first-order valence-electron chi connectivity index (χ1n) is 15.0. The molecule has 45 heavy (non-hydrogen) atoms. The van der Waals surface area contributed by atoms with Crippen LogP contribution >= 0.6 is 11.8 Å². The maximum atomic E-state index is 14.7. The van der Waals surface area contributed by atoms with E-state index in [0.717, 1.165) is 49.7 Å². The highest BCUT2D eigenvalue weighted by Gasteiger charge is 2.50. The monoisotopic (exact) mass is 604 g/mol. The van der Waals surface area contributed by atoms with Gasteiger partial charge < -0.3 is 9.80 Å². The van der Waals surface area contributed by atoms with Crippen LogP contribution in [0.5, 0.6) is 0 Å². The number of alkyl halides is 3. The van der Waals surface area contributed by atoms with Crippen LogP contribution in [0, 0.1) is 0 Å². The van der Waals surface area contributed by atoms with Crippen LogP contribution in [0.3, 0.4) is 0 Å². The van der Waals surface area contributed by atoms with Crippen molar-refractivity contribution in [2.75, 3.05) is 9.80 Å². The molecule has 4 heterocycles. The SMILES string of the molecule is FC(F)(F)c1ccccc1N1c2ccccc2B2c3ccccc3N3c4ccccc4B4c5ccccc5Sc5cc1c2c3c54. The molecular weight excluding hydrogens is 583 g/mol. The van der Waals surface area contributed by atoms with Crippen LogP contribution < -0.4 is 42.6 Å². The van der Waals surface area contributed by atoms with Crippen LogP contribution in [-0.4, -0.2) is 13.4 Å². The van der Waals surface area contributed by atoms with E-state index in [2.05, 4.69) is 89.8 Å². The molecule has 0 fully saturated rings. The number of hydrogen-bond acceptors (Lipinski definition) is 3. The molecule has 4 aliphatic heterocycles. The molecule has 212 valence electrons. The van der Waals surface area contributed by atoms with Crippen molar-refractivity contribution in [2.45, 2.75) is 16.0 Å².